The summed E-state index contributed by atoms with van der Waals surface area (Å²) >= 11 is 0. The first-order valence-corrected chi connectivity index (χ1v) is 12.5. The predicted molar refractivity (Wildman–Crippen MR) is 142 cm³/mol. The molecule has 2 unspecified atom stereocenters. The summed E-state index contributed by atoms with van der Waals surface area (Å²) < 4.78 is 11.2. The molecule has 0 spiro atoms. The van der Waals surface area contributed by atoms with E-state index in [4.69, 9.17) is 9.47 Å². The van der Waals surface area contributed by atoms with Gasteiger partial charge in [-0.05, 0) is 47.1 Å². The van der Waals surface area contributed by atoms with E-state index in [0.29, 0.717) is 5.69 Å². The second-order valence-electron chi connectivity index (χ2n) is 10.1. The van der Waals surface area contributed by atoms with Gasteiger partial charge in [0, 0.05) is 18.8 Å². The van der Waals surface area contributed by atoms with Gasteiger partial charge in [0.25, 0.3) is 0 Å². The van der Waals surface area contributed by atoms with Crippen molar-refractivity contribution in [2.45, 2.75) is 65.7 Å². The average molecular weight is 483 g/mol. The van der Waals surface area contributed by atoms with E-state index in [-0.39, 0.29) is 35.5 Å². The molecule has 2 aromatic rings. The smallest absolute Gasteiger partial charge is 0.228 e. The van der Waals surface area contributed by atoms with E-state index in [0.717, 1.165) is 48.3 Å². The van der Waals surface area contributed by atoms with Crippen LogP contribution in [0.5, 0.6) is 11.5 Å². The Balaban J connectivity index is 2.45. The zero-order chi connectivity index (χ0) is 26.0. The van der Waals surface area contributed by atoms with E-state index in [1.165, 1.54) is 0 Å². The minimum absolute atomic E-state index is 0.0311. The van der Waals surface area contributed by atoms with Gasteiger partial charge in [0.15, 0.2) is 0 Å². The first kappa shape index (κ1) is 28.2. The summed E-state index contributed by atoms with van der Waals surface area (Å²) in [7, 11) is 4.91. The molecule has 0 radical (unpaired) electrons. The summed E-state index contributed by atoms with van der Waals surface area (Å²) in [5, 5.41) is 5.79. The minimum atomic E-state index is -0.302. The fraction of sp³-hybridized carbons (Fsp3) is 0.517. The van der Waals surface area contributed by atoms with Gasteiger partial charge in [-0.25, -0.2) is 0 Å². The summed E-state index contributed by atoms with van der Waals surface area (Å²) in [6.45, 7) is 8.52. The molecule has 0 saturated heterocycles. The molecule has 0 bridgehead atoms. The van der Waals surface area contributed by atoms with Crippen LogP contribution in [0.25, 0.3) is 0 Å². The molecule has 0 heterocycles. The third-order valence-corrected chi connectivity index (χ3v) is 6.41. The number of unbranched alkanes of at least 4 members (excludes halogenated alkanes) is 2. The zero-order valence-electron chi connectivity index (χ0n) is 22.4. The summed E-state index contributed by atoms with van der Waals surface area (Å²) in [6.07, 6.45) is 4.39. The van der Waals surface area contributed by atoms with Gasteiger partial charge in [-0.2, -0.15) is 0 Å². The monoisotopic (exact) mass is 482 g/mol. The first-order valence-electron chi connectivity index (χ1n) is 12.5. The Kier molecular flexibility index (Phi) is 10.6. The quantitative estimate of drug-likeness (QED) is 0.366. The summed E-state index contributed by atoms with van der Waals surface area (Å²) in [5.41, 5.74) is 2.27. The van der Waals surface area contributed by atoms with Gasteiger partial charge in [-0.15, -0.1) is 0 Å². The van der Waals surface area contributed by atoms with Crippen LogP contribution in [0.15, 0.2) is 42.5 Å². The van der Waals surface area contributed by atoms with Crippen molar-refractivity contribution in [1.29, 1.82) is 0 Å². The Morgan fingerprint density at radius 2 is 1.74 bits per heavy atom. The van der Waals surface area contributed by atoms with Crippen LogP contribution in [0, 0.1) is 11.3 Å². The lowest BCUT2D eigenvalue weighted by molar-refractivity contribution is -0.124. The summed E-state index contributed by atoms with van der Waals surface area (Å²) in [4.78, 5) is 25.7. The third-order valence-electron chi connectivity index (χ3n) is 6.41. The first-order chi connectivity index (χ1) is 16.6. The molecule has 2 rings (SSSR count). The second-order valence-corrected chi connectivity index (χ2v) is 10.1. The number of carbonyl (C=O) groups excluding carboxylic acids is 2. The second kappa shape index (κ2) is 13.2. The number of hydrogen-bond acceptors (Lipinski definition) is 4. The zero-order valence-corrected chi connectivity index (χ0v) is 22.4. The van der Waals surface area contributed by atoms with E-state index in [1.54, 1.807) is 21.3 Å². The molecule has 2 N–H and O–H groups in total. The maximum atomic E-state index is 13.9. The van der Waals surface area contributed by atoms with Gasteiger partial charge >= 0.3 is 0 Å². The Morgan fingerprint density at radius 3 is 2.34 bits per heavy atom. The minimum Gasteiger partial charge on any atom is -0.497 e. The van der Waals surface area contributed by atoms with Crippen LogP contribution in [-0.4, -0.2) is 33.1 Å². The van der Waals surface area contributed by atoms with Crippen molar-refractivity contribution in [2.24, 2.45) is 11.3 Å². The molecular weight excluding hydrogens is 440 g/mol. The molecule has 2 atom stereocenters. The fourth-order valence-corrected chi connectivity index (χ4v) is 4.67. The number of rotatable bonds is 12. The van der Waals surface area contributed by atoms with Gasteiger partial charge < -0.3 is 20.1 Å². The lowest BCUT2D eigenvalue weighted by Gasteiger charge is -2.37. The number of anilines is 1. The molecule has 6 nitrogen and oxygen atoms in total. The lowest BCUT2D eigenvalue weighted by Crippen LogP contribution is -2.38. The Morgan fingerprint density at radius 1 is 1.00 bits per heavy atom. The number of nitrogens with one attached hydrogen (secondary N) is 2. The maximum Gasteiger partial charge on any atom is 0.228 e. The summed E-state index contributed by atoms with van der Waals surface area (Å²) in [5.74, 6) is 1.03. The van der Waals surface area contributed by atoms with Crippen molar-refractivity contribution in [3.8, 4) is 11.5 Å². The van der Waals surface area contributed by atoms with Crippen molar-refractivity contribution < 1.29 is 19.1 Å². The van der Waals surface area contributed by atoms with Crippen molar-refractivity contribution in [3.05, 3.63) is 53.6 Å². The van der Waals surface area contributed by atoms with E-state index >= 15 is 0 Å². The number of likely N-dealkylation sites (N-methyl/N-ethyl adjacent to an activating group) is 1. The highest BCUT2D eigenvalue weighted by Crippen LogP contribution is 2.45. The number of amides is 2. The van der Waals surface area contributed by atoms with Gasteiger partial charge in [0.2, 0.25) is 11.8 Å². The number of ether oxygens (including phenoxy) is 2. The highest BCUT2D eigenvalue weighted by atomic mass is 16.5. The predicted octanol–water partition coefficient (Wildman–Crippen LogP) is 5.96. The number of hydrogen-bond donors (Lipinski definition) is 2. The SMILES string of the molecule is CCCCCC(c1ccc(OC)cc1OC)C(C(=O)Nc1cccc(CC(=O)NC)c1)C(C)(C)C. The summed E-state index contributed by atoms with van der Waals surface area (Å²) in [6, 6.07) is 13.3. The molecule has 35 heavy (non-hydrogen) atoms. The molecule has 6 heteroatoms. The van der Waals surface area contributed by atoms with Crippen LogP contribution < -0.4 is 20.1 Å². The van der Waals surface area contributed by atoms with Crippen molar-refractivity contribution in [1.82, 2.24) is 5.32 Å². The van der Waals surface area contributed by atoms with E-state index < -0.39 is 0 Å². The normalized spacial score (nSPS) is 13.0. The maximum absolute atomic E-state index is 13.9. The van der Waals surface area contributed by atoms with Gasteiger partial charge in [0.1, 0.15) is 11.5 Å². The van der Waals surface area contributed by atoms with E-state index in [9.17, 15) is 9.59 Å². The molecule has 0 fully saturated rings. The van der Waals surface area contributed by atoms with Crippen molar-refractivity contribution >= 4 is 17.5 Å². The Hall–Kier alpha value is -3.02. The molecule has 0 aliphatic heterocycles. The molecule has 192 valence electrons. The Bertz CT molecular complexity index is 981. The standard InChI is InChI=1S/C29H42N2O4/c1-8-9-10-14-24(23-16-15-22(34-6)19-25(23)35-7)27(29(2,3)4)28(33)31-21-13-11-12-20(17-21)18-26(32)30-5/h11-13,15-17,19,24,27H,8-10,14,18H2,1-7H3,(H,30,32)(H,31,33). The van der Waals surface area contributed by atoms with Gasteiger partial charge in [-0.3, -0.25) is 9.59 Å². The number of carbonyl (C=O) groups is 2. The largest absolute Gasteiger partial charge is 0.497 e. The van der Waals surface area contributed by atoms with Gasteiger partial charge in [-0.1, -0.05) is 65.2 Å². The molecule has 0 aromatic heterocycles. The van der Waals surface area contributed by atoms with Crippen LogP contribution in [-0.2, 0) is 16.0 Å². The highest BCUT2D eigenvalue weighted by molar-refractivity contribution is 5.94. The molecule has 0 aliphatic rings. The molecule has 2 amide bonds. The van der Waals surface area contributed by atoms with Crippen LogP contribution in [0.2, 0.25) is 0 Å². The topological polar surface area (TPSA) is 76.7 Å². The van der Waals surface area contributed by atoms with Crippen LogP contribution >= 0.6 is 0 Å². The lowest BCUT2D eigenvalue weighted by atomic mass is 9.68. The third kappa shape index (κ3) is 8.01. The highest BCUT2D eigenvalue weighted by Gasteiger charge is 2.39. The van der Waals surface area contributed by atoms with Crippen molar-refractivity contribution in [3.63, 3.8) is 0 Å². The molecule has 2 aromatic carbocycles. The molecular formula is C29H42N2O4. The molecule has 0 aliphatic carbocycles. The van der Waals surface area contributed by atoms with Gasteiger partial charge in [0.05, 0.1) is 26.6 Å². The van der Waals surface area contributed by atoms with Crippen LogP contribution in [0.4, 0.5) is 5.69 Å². The van der Waals surface area contributed by atoms with E-state index in [1.807, 2.05) is 42.5 Å². The van der Waals surface area contributed by atoms with Crippen LogP contribution in [0.3, 0.4) is 0 Å². The fourth-order valence-electron chi connectivity index (χ4n) is 4.67. The Labute approximate surface area is 210 Å². The average Bonchev–Trinajstić information content (AvgIpc) is 2.82. The molecule has 0 saturated carbocycles. The van der Waals surface area contributed by atoms with Crippen molar-refractivity contribution in [2.75, 3.05) is 26.6 Å². The van der Waals surface area contributed by atoms with E-state index in [2.05, 4.69) is 38.3 Å². The number of benzene rings is 2. The number of methoxy groups -OCH3 is 2. The van der Waals surface area contributed by atoms with Crippen LogP contribution in [0.1, 0.15) is 70.4 Å².